The zero-order valence-corrected chi connectivity index (χ0v) is 18.9. The first-order valence-electron chi connectivity index (χ1n) is 10.5. The molecule has 2 heterocycles. The summed E-state index contributed by atoms with van der Waals surface area (Å²) < 4.78 is 10.3. The van der Waals surface area contributed by atoms with Crippen LogP contribution in [0.3, 0.4) is 0 Å². The van der Waals surface area contributed by atoms with E-state index in [0.29, 0.717) is 24.5 Å². The first-order chi connectivity index (χ1) is 15.9. The van der Waals surface area contributed by atoms with E-state index in [1.807, 2.05) is 24.3 Å². The lowest BCUT2D eigenvalue weighted by Crippen LogP contribution is -2.17. The number of ketones is 2. The van der Waals surface area contributed by atoms with Crippen molar-refractivity contribution in [1.82, 2.24) is 20.0 Å². The van der Waals surface area contributed by atoms with Gasteiger partial charge in [-0.3, -0.25) is 9.59 Å². The number of nitrogens with one attached hydrogen (secondary N) is 1. The van der Waals surface area contributed by atoms with Crippen LogP contribution >= 0.6 is 0 Å². The normalized spacial score (nSPS) is 11.5. The number of hydrogen-bond donors (Lipinski definition) is 1. The maximum absolute atomic E-state index is 13.0. The van der Waals surface area contributed by atoms with Crippen molar-refractivity contribution in [2.24, 2.45) is 5.92 Å². The van der Waals surface area contributed by atoms with Gasteiger partial charge in [0.1, 0.15) is 11.5 Å². The molecule has 0 spiro atoms. The lowest BCUT2D eigenvalue weighted by atomic mass is 9.98. The standard InChI is InChI=1S/C24H27N5O4/c1-5-6-16(2)20(30)14-21(31)23-24(26-15-17-7-9-19(32-3)10-8-17)28-29(27-23)18-11-12-25-22(13-18)33-4/h5,7-13,16H,1,6,14-15H2,2-4H3,(H,26,28). The fraction of sp³-hybridized carbons (Fsp3) is 0.292. The third-order valence-electron chi connectivity index (χ3n) is 5.06. The minimum Gasteiger partial charge on any atom is -0.497 e. The number of carbonyl (C=O) groups excluding carboxylic acids is 2. The van der Waals surface area contributed by atoms with E-state index in [-0.39, 0.29) is 29.6 Å². The molecule has 1 N–H and O–H groups in total. The van der Waals surface area contributed by atoms with Crippen molar-refractivity contribution in [3.05, 3.63) is 66.5 Å². The van der Waals surface area contributed by atoms with Gasteiger partial charge in [0.25, 0.3) is 0 Å². The van der Waals surface area contributed by atoms with Crippen LogP contribution in [0.5, 0.6) is 11.6 Å². The van der Waals surface area contributed by atoms with Crippen LogP contribution in [0.1, 0.15) is 35.8 Å². The van der Waals surface area contributed by atoms with E-state index >= 15 is 0 Å². The van der Waals surface area contributed by atoms with Crippen LogP contribution in [0.4, 0.5) is 5.82 Å². The lowest BCUT2D eigenvalue weighted by Gasteiger charge is -2.08. The molecule has 2 aromatic heterocycles. The van der Waals surface area contributed by atoms with Crippen molar-refractivity contribution in [2.75, 3.05) is 19.5 Å². The topological polar surface area (TPSA) is 108 Å². The van der Waals surface area contributed by atoms with Gasteiger partial charge in [-0.15, -0.1) is 21.6 Å². The molecule has 172 valence electrons. The first kappa shape index (κ1) is 23.6. The van der Waals surface area contributed by atoms with Crippen molar-refractivity contribution in [2.45, 2.75) is 26.3 Å². The van der Waals surface area contributed by atoms with Crippen LogP contribution in [0.15, 0.2) is 55.3 Å². The Morgan fingerprint density at radius 1 is 1.15 bits per heavy atom. The second kappa shape index (κ2) is 11.0. The number of pyridine rings is 1. The van der Waals surface area contributed by atoms with Crippen molar-refractivity contribution in [1.29, 1.82) is 0 Å². The summed E-state index contributed by atoms with van der Waals surface area (Å²) in [7, 11) is 3.12. The molecule has 0 radical (unpaired) electrons. The summed E-state index contributed by atoms with van der Waals surface area (Å²) in [5, 5.41) is 12.0. The van der Waals surface area contributed by atoms with Crippen molar-refractivity contribution < 1.29 is 19.1 Å². The van der Waals surface area contributed by atoms with Gasteiger partial charge >= 0.3 is 0 Å². The molecule has 0 saturated carbocycles. The molecule has 1 aromatic carbocycles. The Balaban J connectivity index is 1.87. The molecule has 0 aliphatic rings. The molecule has 33 heavy (non-hydrogen) atoms. The number of ether oxygens (including phenoxy) is 2. The zero-order valence-electron chi connectivity index (χ0n) is 18.9. The largest absolute Gasteiger partial charge is 0.497 e. The summed E-state index contributed by atoms with van der Waals surface area (Å²) in [5.41, 5.74) is 1.63. The van der Waals surface area contributed by atoms with Crippen molar-refractivity contribution >= 4 is 17.4 Å². The van der Waals surface area contributed by atoms with E-state index in [1.54, 1.807) is 38.4 Å². The number of anilines is 1. The molecule has 0 bridgehead atoms. The Morgan fingerprint density at radius 2 is 1.91 bits per heavy atom. The maximum atomic E-state index is 13.0. The zero-order chi connectivity index (χ0) is 23.8. The predicted octanol–water partition coefficient (Wildman–Crippen LogP) is 3.65. The summed E-state index contributed by atoms with van der Waals surface area (Å²) in [6.45, 7) is 5.84. The summed E-state index contributed by atoms with van der Waals surface area (Å²) >= 11 is 0. The number of benzene rings is 1. The van der Waals surface area contributed by atoms with E-state index in [4.69, 9.17) is 9.47 Å². The second-order valence-corrected chi connectivity index (χ2v) is 7.44. The number of aromatic nitrogens is 4. The fourth-order valence-electron chi connectivity index (χ4n) is 3.09. The third kappa shape index (κ3) is 6.03. The fourth-order valence-corrected chi connectivity index (χ4v) is 3.09. The van der Waals surface area contributed by atoms with Gasteiger partial charge in [0.05, 0.1) is 26.3 Å². The lowest BCUT2D eigenvalue weighted by molar-refractivity contribution is -0.121. The summed E-state index contributed by atoms with van der Waals surface area (Å²) in [5.74, 6) is 0.567. The highest BCUT2D eigenvalue weighted by Gasteiger charge is 2.24. The number of Topliss-reactive ketones (excluding diaryl/α,β-unsaturated/α-hetero) is 2. The number of rotatable bonds is 12. The van der Waals surface area contributed by atoms with Crippen LogP contribution in [0, 0.1) is 5.92 Å². The highest BCUT2D eigenvalue weighted by molar-refractivity contribution is 6.09. The number of allylic oxidation sites excluding steroid dienone is 1. The van der Waals surface area contributed by atoms with E-state index in [2.05, 4.69) is 27.1 Å². The van der Waals surface area contributed by atoms with Gasteiger partial charge < -0.3 is 14.8 Å². The second-order valence-electron chi connectivity index (χ2n) is 7.44. The average Bonchev–Trinajstić information content (AvgIpc) is 3.27. The highest BCUT2D eigenvalue weighted by atomic mass is 16.5. The molecule has 1 atom stereocenters. The van der Waals surface area contributed by atoms with Gasteiger partial charge in [0, 0.05) is 24.7 Å². The molecular formula is C24H27N5O4. The Hall–Kier alpha value is -4.01. The number of hydrogen-bond acceptors (Lipinski definition) is 8. The van der Waals surface area contributed by atoms with Gasteiger partial charge in [-0.2, -0.15) is 0 Å². The minimum absolute atomic E-state index is 0.0958. The Bertz CT molecular complexity index is 1120. The SMILES string of the molecule is C=CCC(C)C(=O)CC(=O)c1nn(-c2ccnc(OC)c2)nc1NCc1ccc(OC)cc1. The molecule has 0 amide bonds. The third-order valence-corrected chi connectivity index (χ3v) is 5.06. The molecule has 0 aliphatic heterocycles. The molecule has 1 unspecified atom stereocenters. The summed E-state index contributed by atoms with van der Waals surface area (Å²) in [4.78, 5) is 30.8. The van der Waals surface area contributed by atoms with Gasteiger partial charge in [-0.1, -0.05) is 25.1 Å². The van der Waals surface area contributed by atoms with Gasteiger partial charge in [0.2, 0.25) is 5.88 Å². The number of carbonyl (C=O) groups is 2. The van der Waals surface area contributed by atoms with Crippen LogP contribution < -0.4 is 14.8 Å². The van der Waals surface area contributed by atoms with E-state index in [1.165, 1.54) is 11.9 Å². The summed E-state index contributed by atoms with van der Waals surface area (Å²) in [6.07, 6.45) is 3.48. The predicted molar refractivity (Wildman–Crippen MR) is 124 cm³/mol. The molecule has 0 aliphatic carbocycles. The molecule has 0 saturated heterocycles. The minimum atomic E-state index is -0.402. The van der Waals surface area contributed by atoms with Crippen LogP contribution in [-0.2, 0) is 11.3 Å². The molecule has 9 nitrogen and oxygen atoms in total. The molecule has 3 aromatic rings. The number of methoxy groups -OCH3 is 2. The van der Waals surface area contributed by atoms with Gasteiger partial charge in [0.15, 0.2) is 17.3 Å². The van der Waals surface area contributed by atoms with E-state index < -0.39 is 5.78 Å². The maximum Gasteiger partial charge on any atom is 0.215 e. The van der Waals surface area contributed by atoms with E-state index in [9.17, 15) is 9.59 Å². The van der Waals surface area contributed by atoms with Crippen LogP contribution in [-0.4, -0.2) is 45.8 Å². The van der Waals surface area contributed by atoms with E-state index in [0.717, 1.165) is 11.3 Å². The first-order valence-corrected chi connectivity index (χ1v) is 10.5. The van der Waals surface area contributed by atoms with Crippen molar-refractivity contribution in [3.8, 4) is 17.3 Å². The van der Waals surface area contributed by atoms with Crippen LogP contribution in [0.25, 0.3) is 5.69 Å². The highest BCUT2D eigenvalue weighted by Crippen LogP contribution is 2.20. The molecule has 0 fully saturated rings. The van der Waals surface area contributed by atoms with Crippen molar-refractivity contribution in [3.63, 3.8) is 0 Å². The Morgan fingerprint density at radius 3 is 2.58 bits per heavy atom. The Labute approximate surface area is 192 Å². The smallest absolute Gasteiger partial charge is 0.215 e. The Kier molecular flexibility index (Phi) is 7.91. The van der Waals surface area contributed by atoms with Crippen LogP contribution in [0.2, 0.25) is 0 Å². The molecule has 3 rings (SSSR count). The van der Waals surface area contributed by atoms with Gasteiger partial charge in [-0.05, 0) is 30.2 Å². The summed E-state index contributed by atoms with van der Waals surface area (Å²) in [6, 6.07) is 10.9. The quantitative estimate of drug-likeness (QED) is 0.254. The molecule has 9 heteroatoms. The number of nitrogens with zero attached hydrogens (tertiary/aromatic N) is 4. The average molecular weight is 450 g/mol. The monoisotopic (exact) mass is 449 g/mol. The van der Waals surface area contributed by atoms with Gasteiger partial charge in [-0.25, -0.2) is 4.98 Å². The molecular weight excluding hydrogens is 422 g/mol.